The Kier molecular flexibility index (Phi) is 6.09. The van der Waals surface area contributed by atoms with Crippen LogP contribution in [0.5, 0.6) is 5.75 Å². The molecule has 110 valence electrons. The Labute approximate surface area is 133 Å². The second kappa shape index (κ2) is 7.83. The third-order valence-corrected chi connectivity index (χ3v) is 4.42. The first kappa shape index (κ1) is 15.6. The number of carbonyl (C=O) groups is 1. The van der Waals surface area contributed by atoms with E-state index in [9.17, 15) is 4.79 Å². The number of ether oxygens (including phenoxy) is 1. The largest absolute Gasteiger partial charge is 0.489 e. The van der Waals surface area contributed by atoms with Crippen molar-refractivity contribution in [2.45, 2.75) is 31.8 Å². The number of piperidine rings is 1. The van der Waals surface area contributed by atoms with Gasteiger partial charge < -0.3 is 14.7 Å². The van der Waals surface area contributed by atoms with Crippen LogP contribution in [0.25, 0.3) is 0 Å². The molecule has 1 saturated heterocycles. The highest BCUT2D eigenvalue weighted by Gasteiger charge is 2.20. The predicted molar refractivity (Wildman–Crippen MR) is 86.1 cm³/mol. The predicted octanol–water partition coefficient (Wildman–Crippen LogP) is 3.00. The maximum absolute atomic E-state index is 10.5. The molecule has 0 radical (unpaired) electrons. The van der Waals surface area contributed by atoms with Gasteiger partial charge in [0.15, 0.2) is 0 Å². The summed E-state index contributed by atoms with van der Waals surface area (Å²) < 4.78 is 7.20. The summed E-state index contributed by atoms with van der Waals surface area (Å²) in [5, 5.41) is 8.64. The number of likely N-dealkylation sites (tertiary alicyclic amines) is 1. The number of halogens is 1. The summed E-state index contributed by atoms with van der Waals surface area (Å²) in [6.45, 7) is 2.86. The van der Waals surface area contributed by atoms with Gasteiger partial charge in [-0.1, -0.05) is 12.1 Å². The third-order valence-electron chi connectivity index (χ3n) is 3.53. The van der Waals surface area contributed by atoms with Crippen LogP contribution >= 0.6 is 22.6 Å². The molecule has 0 aromatic heterocycles. The first-order chi connectivity index (χ1) is 9.65. The summed E-state index contributed by atoms with van der Waals surface area (Å²) in [5.74, 6) is 0.263. The van der Waals surface area contributed by atoms with E-state index in [0.717, 1.165) is 48.2 Å². The zero-order valence-corrected chi connectivity index (χ0v) is 13.6. The first-order valence-electron chi connectivity index (χ1n) is 7.00. The van der Waals surface area contributed by atoms with Crippen LogP contribution in [0.3, 0.4) is 0 Å². The molecule has 0 saturated carbocycles. The molecule has 0 bridgehead atoms. The number of nitrogens with zero attached hydrogens (tertiary/aromatic N) is 1. The van der Waals surface area contributed by atoms with Crippen LogP contribution in [0, 0.1) is 3.57 Å². The molecule has 1 N–H and O–H groups in total. The molecule has 20 heavy (non-hydrogen) atoms. The van der Waals surface area contributed by atoms with Gasteiger partial charge in [0.05, 0.1) is 3.57 Å². The van der Waals surface area contributed by atoms with Crippen LogP contribution in [-0.4, -0.2) is 41.7 Å². The number of carboxylic acid groups (broad SMARTS) is 1. The summed E-state index contributed by atoms with van der Waals surface area (Å²) in [7, 11) is 0. The maximum atomic E-state index is 10.5. The fourth-order valence-electron chi connectivity index (χ4n) is 2.42. The van der Waals surface area contributed by atoms with E-state index < -0.39 is 5.97 Å². The van der Waals surface area contributed by atoms with E-state index in [2.05, 4.69) is 33.6 Å². The zero-order valence-electron chi connectivity index (χ0n) is 11.4. The number of hydrogen-bond acceptors (Lipinski definition) is 3. The molecule has 0 spiro atoms. The highest BCUT2D eigenvalue weighted by Crippen LogP contribution is 2.24. The maximum Gasteiger partial charge on any atom is 0.303 e. The molecule has 1 aromatic carbocycles. The van der Waals surface area contributed by atoms with Gasteiger partial charge in [-0.25, -0.2) is 0 Å². The van der Waals surface area contributed by atoms with Crippen molar-refractivity contribution in [3.05, 3.63) is 27.8 Å². The lowest BCUT2D eigenvalue weighted by Gasteiger charge is -2.32. The van der Waals surface area contributed by atoms with Gasteiger partial charge in [0.25, 0.3) is 0 Å². The minimum absolute atomic E-state index is 0.263. The Hall–Kier alpha value is -0.820. The lowest BCUT2D eigenvalue weighted by molar-refractivity contribution is -0.137. The van der Waals surface area contributed by atoms with Gasteiger partial charge >= 0.3 is 5.97 Å². The van der Waals surface area contributed by atoms with Gasteiger partial charge in [0.1, 0.15) is 11.9 Å². The lowest BCUT2D eigenvalue weighted by atomic mass is 10.1. The van der Waals surface area contributed by atoms with Gasteiger partial charge in [0, 0.05) is 19.5 Å². The zero-order chi connectivity index (χ0) is 14.4. The highest BCUT2D eigenvalue weighted by molar-refractivity contribution is 14.1. The van der Waals surface area contributed by atoms with Crippen molar-refractivity contribution in [3.8, 4) is 5.75 Å². The van der Waals surface area contributed by atoms with E-state index in [0.29, 0.717) is 0 Å². The average Bonchev–Trinajstić information content (AvgIpc) is 2.43. The normalized spacial score (nSPS) is 17.1. The van der Waals surface area contributed by atoms with Crippen LogP contribution in [-0.2, 0) is 4.79 Å². The van der Waals surface area contributed by atoms with Gasteiger partial charge in [-0.2, -0.15) is 0 Å². The summed E-state index contributed by atoms with van der Waals surface area (Å²) in [6, 6.07) is 8.08. The molecule has 0 atom stereocenters. The molecule has 0 aliphatic carbocycles. The molecular weight excluding hydrogens is 369 g/mol. The summed E-state index contributed by atoms with van der Waals surface area (Å²) in [6.07, 6.45) is 3.30. The Bertz CT molecular complexity index is 444. The van der Waals surface area contributed by atoms with E-state index in [1.54, 1.807) is 0 Å². The Morgan fingerprint density at radius 1 is 1.35 bits per heavy atom. The monoisotopic (exact) mass is 389 g/mol. The number of benzene rings is 1. The average molecular weight is 389 g/mol. The van der Waals surface area contributed by atoms with Gasteiger partial charge in [-0.3, -0.25) is 4.79 Å². The van der Waals surface area contributed by atoms with Crippen molar-refractivity contribution in [2.24, 2.45) is 0 Å². The van der Waals surface area contributed by atoms with E-state index >= 15 is 0 Å². The van der Waals surface area contributed by atoms with E-state index in [1.807, 2.05) is 18.2 Å². The van der Waals surface area contributed by atoms with Crippen LogP contribution in [0.4, 0.5) is 0 Å². The molecule has 4 nitrogen and oxygen atoms in total. The first-order valence-corrected chi connectivity index (χ1v) is 8.08. The highest BCUT2D eigenvalue weighted by atomic mass is 127. The second-order valence-electron chi connectivity index (χ2n) is 5.09. The SMILES string of the molecule is O=C(O)CCCN1CCC(Oc2ccccc2I)CC1. The summed E-state index contributed by atoms with van der Waals surface area (Å²) in [4.78, 5) is 12.8. The summed E-state index contributed by atoms with van der Waals surface area (Å²) in [5.41, 5.74) is 0. The molecular formula is C15H20INO3. The molecule has 5 heteroatoms. The molecule has 0 amide bonds. The smallest absolute Gasteiger partial charge is 0.303 e. The molecule has 1 heterocycles. The standard InChI is InChI=1S/C15H20INO3/c16-13-4-1-2-5-14(13)20-12-7-10-17(11-8-12)9-3-6-15(18)19/h1-2,4-5,12H,3,6-11H2,(H,18,19). The number of para-hydroxylation sites is 1. The van der Waals surface area contributed by atoms with Crippen molar-refractivity contribution >= 4 is 28.6 Å². The van der Waals surface area contributed by atoms with Crippen LogP contribution in [0.2, 0.25) is 0 Å². The van der Waals surface area contributed by atoms with Crippen LogP contribution in [0.15, 0.2) is 24.3 Å². The molecule has 2 rings (SSSR count). The van der Waals surface area contributed by atoms with Crippen molar-refractivity contribution in [1.82, 2.24) is 4.90 Å². The van der Waals surface area contributed by atoms with Crippen molar-refractivity contribution in [3.63, 3.8) is 0 Å². The Balaban J connectivity index is 1.72. The fraction of sp³-hybridized carbons (Fsp3) is 0.533. The quantitative estimate of drug-likeness (QED) is 0.761. The van der Waals surface area contributed by atoms with E-state index in [-0.39, 0.29) is 12.5 Å². The Morgan fingerprint density at radius 3 is 2.70 bits per heavy atom. The summed E-state index contributed by atoms with van der Waals surface area (Å²) >= 11 is 2.29. The molecule has 1 aromatic rings. The molecule has 1 fully saturated rings. The minimum Gasteiger partial charge on any atom is -0.489 e. The fourth-order valence-corrected chi connectivity index (χ4v) is 2.94. The van der Waals surface area contributed by atoms with Gasteiger partial charge in [-0.15, -0.1) is 0 Å². The van der Waals surface area contributed by atoms with Gasteiger partial charge in [-0.05, 0) is 60.5 Å². The van der Waals surface area contributed by atoms with Crippen LogP contribution < -0.4 is 4.74 Å². The van der Waals surface area contributed by atoms with Crippen LogP contribution in [0.1, 0.15) is 25.7 Å². The van der Waals surface area contributed by atoms with Crippen molar-refractivity contribution in [1.29, 1.82) is 0 Å². The lowest BCUT2D eigenvalue weighted by Crippen LogP contribution is -2.38. The third kappa shape index (κ3) is 4.94. The van der Waals surface area contributed by atoms with Crippen molar-refractivity contribution < 1.29 is 14.6 Å². The van der Waals surface area contributed by atoms with Crippen molar-refractivity contribution in [2.75, 3.05) is 19.6 Å². The minimum atomic E-state index is -0.707. The van der Waals surface area contributed by atoms with E-state index in [1.165, 1.54) is 0 Å². The molecule has 1 aliphatic heterocycles. The van der Waals surface area contributed by atoms with E-state index in [4.69, 9.17) is 9.84 Å². The number of hydrogen-bond donors (Lipinski definition) is 1. The Morgan fingerprint density at radius 2 is 2.05 bits per heavy atom. The van der Waals surface area contributed by atoms with Gasteiger partial charge in [0.2, 0.25) is 0 Å². The number of carboxylic acids is 1. The number of aliphatic carboxylic acids is 1. The topological polar surface area (TPSA) is 49.8 Å². The number of rotatable bonds is 6. The molecule has 1 aliphatic rings. The molecule has 0 unspecified atom stereocenters. The second-order valence-corrected chi connectivity index (χ2v) is 6.25.